The predicted octanol–water partition coefficient (Wildman–Crippen LogP) is 3.47. The van der Waals surface area contributed by atoms with E-state index in [0.29, 0.717) is 5.82 Å². The Morgan fingerprint density at radius 1 is 1.11 bits per heavy atom. The SMILES string of the molecule is O=c1[nH]c(-c2ccccc2Br)nc2c1CCCCC2. The summed E-state index contributed by atoms with van der Waals surface area (Å²) in [5.41, 5.74) is 2.82. The molecule has 0 saturated heterocycles. The number of aromatic amines is 1. The van der Waals surface area contributed by atoms with Gasteiger partial charge in [-0.15, -0.1) is 0 Å². The van der Waals surface area contributed by atoms with Gasteiger partial charge in [0.25, 0.3) is 5.56 Å². The topological polar surface area (TPSA) is 45.8 Å². The minimum absolute atomic E-state index is 0.0256. The lowest BCUT2D eigenvalue weighted by Crippen LogP contribution is -2.18. The van der Waals surface area contributed by atoms with Crippen LogP contribution in [0.3, 0.4) is 0 Å². The second kappa shape index (κ2) is 5.29. The van der Waals surface area contributed by atoms with Crippen molar-refractivity contribution in [3.8, 4) is 11.4 Å². The molecule has 0 aliphatic heterocycles. The molecule has 2 aromatic rings. The zero-order chi connectivity index (χ0) is 13.2. The molecule has 0 unspecified atom stereocenters. The van der Waals surface area contributed by atoms with Gasteiger partial charge in [0, 0.05) is 15.6 Å². The van der Waals surface area contributed by atoms with Gasteiger partial charge in [0.15, 0.2) is 0 Å². The lowest BCUT2D eigenvalue weighted by atomic mass is 10.1. The molecule has 3 nitrogen and oxygen atoms in total. The number of hydrogen-bond acceptors (Lipinski definition) is 2. The number of aryl methyl sites for hydroxylation is 1. The van der Waals surface area contributed by atoms with E-state index < -0.39 is 0 Å². The van der Waals surface area contributed by atoms with E-state index in [1.54, 1.807) is 0 Å². The van der Waals surface area contributed by atoms with E-state index in [1.807, 2.05) is 24.3 Å². The predicted molar refractivity (Wildman–Crippen MR) is 79.3 cm³/mol. The van der Waals surface area contributed by atoms with Crippen molar-refractivity contribution < 1.29 is 0 Å². The second-order valence-electron chi connectivity index (χ2n) is 4.88. The summed E-state index contributed by atoms with van der Waals surface area (Å²) in [7, 11) is 0. The third-order valence-electron chi connectivity index (χ3n) is 3.57. The Morgan fingerprint density at radius 3 is 2.74 bits per heavy atom. The van der Waals surface area contributed by atoms with Gasteiger partial charge >= 0.3 is 0 Å². The van der Waals surface area contributed by atoms with E-state index in [9.17, 15) is 4.79 Å². The molecule has 1 N–H and O–H groups in total. The maximum atomic E-state index is 12.2. The van der Waals surface area contributed by atoms with Gasteiger partial charge in [-0.2, -0.15) is 0 Å². The third kappa shape index (κ3) is 2.50. The number of benzene rings is 1. The van der Waals surface area contributed by atoms with Crippen LogP contribution in [-0.4, -0.2) is 9.97 Å². The molecule has 4 heteroatoms. The van der Waals surface area contributed by atoms with Crippen LogP contribution in [0, 0.1) is 0 Å². The van der Waals surface area contributed by atoms with E-state index in [2.05, 4.69) is 25.9 Å². The van der Waals surface area contributed by atoms with E-state index in [1.165, 1.54) is 6.42 Å². The molecule has 1 aromatic heterocycles. The van der Waals surface area contributed by atoms with Crippen LogP contribution in [0.2, 0.25) is 0 Å². The van der Waals surface area contributed by atoms with Gasteiger partial charge in [0.2, 0.25) is 0 Å². The first kappa shape index (κ1) is 12.6. The second-order valence-corrected chi connectivity index (χ2v) is 5.73. The summed E-state index contributed by atoms with van der Waals surface area (Å²) < 4.78 is 0.951. The molecule has 0 saturated carbocycles. The van der Waals surface area contributed by atoms with E-state index in [0.717, 1.165) is 47.0 Å². The van der Waals surface area contributed by atoms with Crippen molar-refractivity contribution in [3.63, 3.8) is 0 Å². The number of rotatable bonds is 1. The van der Waals surface area contributed by atoms with Crippen molar-refractivity contribution in [3.05, 3.63) is 50.3 Å². The molecule has 0 atom stereocenters. The number of H-pyrrole nitrogens is 1. The van der Waals surface area contributed by atoms with Gasteiger partial charge in [-0.1, -0.05) is 40.5 Å². The van der Waals surface area contributed by atoms with Crippen LogP contribution in [0.25, 0.3) is 11.4 Å². The van der Waals surface area contributed by atoms with E-state index in [-0.39, 0.29) is 5.56 Å². The van der Waals surface area contributed by atoms with Gasteiger partial charge < -0.3 is 4.98 Å². The molecule has 0 amide bonds. The van der Waals surface area contributed by atoms with Crippen LogP contribution in [0.1, 0.15) is 30.5 Å². The van der Waals surface area contributed by atoms with Gasteiger partial charge in [-0.25, -0.2) is 4.98 Å². The van der Waals surface area contributed by atoms with Gasteiger partial charge in [-0.05, 0) is 31.7 Å². The monoisotopic (exact) mass is 318 g/mol. The highest BCUT2D eigenvalue weighted by Gasteiger charge is 2.15. The minimum Gasteiger partial charge on any atom is -0.306 e. The molecule has 1 aromatic carbocycles. The van der Waals surface area contributed by atoms with Crippen LogP contribution in [-0.2, 0) is 12.8 Å². The van der Waals surface area contributed by atoms with Crippen molar-refractivity contribution >= 4 is 15.9 Å². The van der Waals surface area contributed by atoms with Crippen LogP contribution in [0.5, 0.6) is 0 Å². The number of nitrogens with zero attached hydrogens (tertiary/aromatic N) is 1. The zero-order valence-corrected chi connectivity index (χ0v) is 12.2. The Bertz CT molecular complexity index is 663. The molecule has 19 heavy (non-hydrogen) atoms. The Labute approximate surface area is 120 Å². The van der Waals surface area contributed by atoms with Crippen molar-refractivity contribution in [1.82, 2.24) is 9.97 Å². The molecule has 0 fully saturated rings. The molecular weight excluding hydrogens is 304 g/mol. The quantitative estimate of drug-likeness (QED) is 0.818. The Balaban J connectivity index is 2.15. The molecule has 0 bridgehead atoms. The molecule has 3 rings (SSSR count). The fraction of sp³-hybridized carbons (Fsp3) is 0.333. The van der Waals surface area contributed by atoms with E-state index in [4.69, 9.17) is 0 Å². The summed E-state index contributed by atoms with van der Waals surface area (Å²) in [6, 6.07) is 7.83. The Hall–Kier alpha value is -1.42. The van der Waals surface area contributed by atoms with Crippen LogP contribution < -0.4 is 5.56 Å². The number of nitrogens with one attached hydrogen (secondary N) is 1. The fourth-order valence-corrected chi connectivity index (χ4v) is 3.03. The summed E-state index contributed by atoms with van der Waals surface area (Å²) in [5, 5.41) is 0. The first-order valence-electron chi connectivity index (χ1n) is 6.62. The fourth-order valence-electron chi connectivity index (χ4n) is 2.56. The van der Waals surface area contributed by atoms with E-state index >= 15 is 0 Å². The molecule has 1 heterocycles. The number of hydrogen-bond donors (Lipinski definition) is 1. The summed E-state index contributed by atoms with van der Waals surface area (Å²) >= 11 is 3.51. The number of aromatic nitrogens is 2. The highest BCUT2D eigenvalue weighted by Crippen LogP contribution is 2.25. The van der Waals surface area contributed by atoms with Crippen molar-refractivity contribution in [2.45, 2.75) is 32.1 Å². The third-order valence-corrected chi connectivity index (χ3v) is 4.26. The largest absolute Gasteiger partial charge is 0.306 e. The highest BCUT2D eigenvalue weighted by molar-refractivity contribution is 9.10. The maximum Gasteiger partial charge on any atom is 0.254 e. The van der Waals surface area contributed by atoms with Crippen LogP contribution >= 0.6 is 15.9 Å². The van der Waals surface area contributed by atoms with Gasteiger partial charge in [0.1, 0.15) is 5.82 Å². The Morgan fingerprint density at radius 2 is 1.89 bits per heavy atom. The van der Waals surface area contributed by atoms with Crippen LogP contribution in [0.15, 0.2) is 33.5 Å². The van der Waals surface area contributed by atoms with Gasteiger partial charge in [-0.3, -0.25) is 4.79 Å². The molecule has 1 aliphatic rings. The van der Waals surface area contributed by atoms with Crippen molar-refractivity contribution in [2.24, 2.45) is 0 Å². The summed E-state index contributed by atoms with van der Waals surface area (Å²) in [6.45, 7) is 0. The average Bonchev–Trinajstić information content (AvgIpc) is 2.65. The smallest absolute Gasteiger partial charge is 0.254 e. The maximum absolute atomic E-state index is 12.2. The van der Waals surface area contributed by atoms with Crippen molar-refractivity contribution in [1.29, 1.82) is 0 Å². The first-order chi connectivity index (χ1) is 9.25. The van der Waals surface area contributed by atoms with Crippen molar-refractivity contribution in [2.75, 3.05) is 0 Å². The number of fused-ring (bicyclic) bond motifs is 1. The summed E-state index contributed by atoms with van der Waals surface area (Å²) in [4.78, 5) is 19.8. The molecule has 0 spiro atoms. The highest BCUT2D eigenvalue weighted by atomic mass is 79.9. The summed E-state index contributed by atoms with van der Waals surface area (Å²) in [6.07, 6.45) is 5.16. The van der Waals surface area contributed by atoms with Crippen LogP contribution in [0.4, 0.5) is 0 Å². The lowest BCUT2D eigenvalue weighted by molar-refractivity contribution is 0.708. The minimum atomic E-state index is 0.0256. The van der Waals surface area contributed by atoms with Gasteiger partial charge in [0.05, 0.1) is 5.69 Å². The summed E-state index contributed by atoms with van der Waals surface area (Å²) in [5.74, 6) is 0.665. The average molecular weight is 319 g/mol. The zero-order valence-electron chi connectivity index (χ0n) is 10.6. The molecule has 1 aliphatic carbocycles. The molecule has 98 valence electrons. The standard InChI is InChI=1S/C15H15BrN2O/c16-12-8-5-4-6-10(12)14-17-13-9-3-1-2-7-11(13)15(19)18-14/h4-6,8H,1-3,7,9H2,(H,17,18,19). The molecule has 0 radical (unpaired) electrons. The normalized spacial score (nSPS) is 14.8. The molecular formula is C15H15BrN2O. The number of halogens is 1. The Kier molecular flexibility index (Phi) is 3.51. The first-order valence-corrected chi connectivity index (χ1v) is 7.42. The lowest BCUT2D eigenvalue weighted by Gasteiger charge is -2.08.